The molecule has 0 fully saturated rings. The topological polar surface area (TPSA) is 66.1 Å². The molecule has 0 aliphatic carbocycles. The molecule has 0 saturated carbocycles. The van der Waals surface area contributed by atoms with Gasteiger partial charge in [0.1, 0.15) is 5.82 Å². The standard InChI is InChI=1S/C17H19N3O2S/c1-3-20(4-2)23(21,22)14-10-11-15-16(12-14)19-17(18-15)13-8-6-5-7-9-13/h5-12H,3-4H2,1-2H3,(H,18,19). The van der Waals surface area contributed by atoms with Crippen molar-refractivity contribution in [2.75, 3.05) is 13.1 Å². The Morgan fingerprint density at radius 1 is 1.04 bits per heavy atom. The zero-order chi connectivity index (χ0) is 16.4. The Morgan fingerprint density at radius 3 is 2.39 bits per heavy atom. The van der Waals surface area contributed by atoms with Gasteiger partial charge in [-0.1, -0.05) is 44.2 Å². The number of imidazole rings is 1. The summed E-state index contributed by atoms with van der Waals surface area (Å²) < 4.78 is 26.7. The quantitative estimate of drug-likeness (QED) is 0.781. The van der Waals surface area contributed by atoms with Crippen LogP contribution in [0.15, 0.2) is 53.4 Å². The maximum absolute atomic E-state index is 12.6. The van der Waals surface area contributed by atoms with Gasteiger partial charge < -0.3 is 4.98 Å². The van der Waals surface area contributed by atoms with Crippen molar-refractivity contribution in [2.24, 2.45) is 0 Å². The lowest BCUT2D eigenvalue weighted by Gasteiger charge is -2.18. The Hall–Kier alpha value is -2.18. The van der Waals surface area contributed by atoms with Gasteiger partial charge in [-0.25, -0.2) is 13.4 Å². The van der Waals surface area contributed by atoms with E-state index in [1.165, 1.54) is 4.31 Å². The molecular formula is C17H19N3O2S. The SMILES string of the molecule is CCN(CC)S(=O)(=O)c1ccc2nc(-c3ccccc3)[nH]c2c1. The Balaban J connectivity index is 2.06. The van der Waals surface area contributed by atoms with Crippen molar-refractivity contribution >= 4 is 21.1 Å². The van der Waals surface area contributed by atoms with Crippen LogP contribution in [-0.2, 0) is 10.0 Å². The maximum Gasteiger partial charge on any atom is 0.243 e. The number of nitrogens with zero attached hydrogens (tertiary/aromatic N) is 2. The molecule has 0 amide bonds. The first-order valence-corrected chi connectivity index (χ1v) is 9.05. The van der Waals surface area contributed by atoms with Gasteiger partial charge in [0.05, 0.1) is 15.9 Å². The molecule has 0 radical (unpaired) electrons. The number of rotatable bonds is 5. The molecule has 3 rings (SSSR count). The first-order chi connectivity index (χ1) is 11.1. The molecule has 3 aromatic rings. The van der Waals surface area contributed by atoms with Crippen LogP contribution in [-0.4, -0.2) is 35.8 Å². The Labute approximate surface area is 136 Å². The number of fused-ring (bicyclic) bond motifs is 1. The van der Waals surface area contributed by atoms with E-state index in [0.717, 1.165) is 22.4 Å². The van der Waals surface area contributed by atoms with Gasteiger partial charge in [-0.3, -0.25) is 0 Å². The summed E-state index contributed by atoms with van der Waals surface area (Å²) in [6, 6.07) is 14.8. The van der Waals surface area contributed by atoms with Gasteiger partial charge in [0.15, 0.2) is 0 Å². The minimum atomic E-state index is -3.46. The first kappa shape index (κ1) is 15.7. The van der Waals surface area contributed by atoms with Crippen molar-refractivity contribution in [1.29, 1.82) is 0 Å². The maximum atomic E-state index is 12.6. The Kier molecular flexibility index (Phi) is 4.19. The molecule has 1 heterocycles. The van der Waals surface area contributed by atoms with E-state index < -0.39 is 10.0 Å². The van der Waals surface area contributed by atoms with Crippen LogP contribution in [0.5, 0.6) is 0 Å². The van der Waals surface area contributed by atoms with Crippen molar-refractivity contribution in [3.63, 3.8) is 0 Å². The highest BCUT2D eigenvalue weighted by Crippen LogP contribution is 2.24. The number of hydrogen-bond donors (Lipinski definition) is 1. The predicted octanol–water partition coefficient (Wildman–Crippen LogP) is 3.26. The Morgan fingerprint density at radius 2 is 1.74 bits per heavy atom. The van der Waals surface area contributed by atoms with Gasteiger partial charge >= 0.3 is 0 Å². The normalized spacial score (nSPS) is 12.1. The van der Waals surface area contributed by atoms with Crippen LogP contribution in [0.3, 0.4) is 0 Å². The molecule has 0 atom stereocenters. The predicted molar refractivity (Wildman–Crippen MR) is 91.6 cm³/mol. The van der Waals surface area contributed by atoms with Crippen molar-refractivity contribution in [3.8, 4) is 11.4 Å². The molecule has 2 aromatic carbocycles. The molecule has 0 aliphatic heterocycles. The summed E-state index contributed by atoms with van der Waals surface area (Å²) in [5.41, 5.74) is 2.44. The molecule has 6 heteroatoms. The van der Waals surface area contributed by atoms with Gasteiger partial charge in [-0.05, 0) is 18.2 Å². The first-order valence-electron chi connectivity index (χ1n) is 7.61. The van der Waals surface area contributed by atoms with Gasteiger partial charge in [0.2, 0.25) is 10.0 Å². The van der Waals surface area contributed by atoms with E-state index >= 15 is 0 Å². The summed E-state index contributed by atoms with van der Waals surface area (Å²) in [6.45, 7) is 4.58. The van der Waals surface area contributed by atoms with E-state index in [2.05, 4.69) is 9.97 Å². The lowest BCUT2D eigenvalue weighted by molar-refractivity contribution is 0.445. The third-order valence-electron chi connectivity index (χ3n) is 3.84. The third-order valence-corrected chi connectivity index (χ3v) is 5.89. The molecule has 1 aromatic heterocycles. The van der Waals surface area contributed by atoms with Crippen LogP contribution in [0.4, 0.5) is 0 Å². The van der Waals surface area contributed by atoms with E-state index in [9.17, 15) is 8.42 Å². The van der Waals surface area contributed by atoms with Crippen LogP contribution in [0.1, 0.15) is 13.8 Å². The average Bonchev–Trinajstić information content (AvgIpc) is 2.99. The minimum Gasteiger partial charge on any atom is -0.338 e. The molecule has 0 unspecified atom stereocenters. The van der Waals surface area contributed by atoms with E-state index in [-0.39, 0.29) is 4.90 Å². The van der Waals surface area contributed by atoms with Crippen LogP contribution in [0, 0.1) is 0 Å². The molecule has 120 valence electrons. The molecule has 5 nitrogen and oxygen atoms in total. The van der Waals surface area contributed by atoms with Crippen LogP contribution in [0.2, 0.25) is 0 Å². The lowest BCUT2D eigenvalue weighted by Crippen LogP contribution is -2.30. The number of aromatic nitrogens is 2. The summed E-state index contributed by atoms with van der Waals surface area (Å²) in [7, 11) is -3.46. The van der Waals surface area contributed by atoms with Crippen molar-refractivity contribution in [3.05, 3.63) is 48.5 Å². The lowest BCUT2D eigenvalue weighted by atomic mass is 10.2. The number of aromatic amines is 1. The van der Waals surface area contributed by atoms with Gasteiger partial charge in [-0.15, -0.1) is 0 Å². The molecule has 1 N–H and O–H groups in total. The zero-order valence-electron chi connectivity index (χ0n) is 13.2. The number of hydrogen-bond acceptors (Lipinski definition) is 3. The highest BCUT2D eigenvalue weighted by molar-refractivity contribution is 7.89. The fourth-order valence-corrected chi connectivity index (χ4v) is 4.08. The summed E-state index contributed by atoms with van der Waals surface area (Å²) in [6.07, 6.45) is 0. The van der Waals surface area contributed by atoms with Gasteiger partial charge in [-0.2, -0.15) is 4.31 Å². The number of benzene rings is 2. The molecule has 0 bridgehead atoms. The smallest absolute Gasteiger partial charge is 0.243 e. The zero-order valence-corrected chi connectivity index (χ0v) is 14.0. The van der Waals surface area contributed by atoms with E-state index in [1.807, 2.05) is 44.2 Å². The van der Waals surface area contributed by atoms with E-state index in [4.69, 9.17) is 0 Å². The average molecular weight is 329 g/mol. The van der Waals surface area contributed by atoms with Crippen molar-refractivity contribution in [1.82, 2.24) is 14.3 Å². The van der Waals surface area contributed by atoms with Crippen LogP contribution >= 0.6 is 0 Å². The number of sulfonamides is 1. The number of nitrogens with one attached hydrogen (secondary N) is 1. The molecule has 23 heavy (non-hydrogen) atoms. The largest absolute Gasteiger partial charge is 0.338 e. The summed E-state index contributed by atoms with van der Waals surface area (Å²) in [4.78, 5) is 8.02. The highest BCUT2D eigenvalue weighted by atomic mass is 32.2. The second kappa shape index (κ2) is 6.14. The Bertz CT molecular complexity index is 913. The van der Waals surface area contributed by atoms with Gasteiger partial charge in [0, 0.05) is 18.7 Å². The second-order valence-corrected chi connectivity index (χ2v) is 7.16. The van der Waals surface area contributed by atoms with Crippen molar-refractivity contribution in [2.45, 2.75) is 18.7 Å². The summed E-state index contributed by atoms with van der Waals surface area (Å²) >= 11 is 0. The monoisotopic (exact) mass is 329 g/mol. The van der Waals surface area contributed by atoms with Gasteiger partial charge in [0.25, 0.3) is 0 Å². The molecule has 0 spiro atoms. The summed E-state index contributed by atoms with van der Waals surface area (Å²) in [5, 5.41) is 0. The molecule has 0 saturated heterocycles. The van der Waals surface area contributed by atoms with Crippen LogP contribution < -0.4 is 0 Å². The van der Waals surface area contributed by atoms with E-state index in [1.54, 1.807) is 18.2 Å². The van der Waals surface area contributed by atoms with E-state index in [0.29, 0.717) is 13.1 Å². The molecule has 0 aliphatic rings. The fraction of sp³-hybridized carbons (Fsp3) is 0.235. The highest BCUT2D eigenvalue weighted by Gasteiger charge is 2.22. The third kappa shape index (κ3) is 2.87. The molecular weight excluding hydrogens is 310 g/mol. The minimum absolute atomic E-state index is 0.289. The fourth-order valence-electron chi connectivity index (χ4n) is 2.59. The summed E-state index contributed by atoms with van der Waals surface area (Å²) in [5.74, 6) is 0.734. The van der Waals surface area contributed by atoms with Crippen LogP contribution in [0.25, 0.3) is 22.4 Å². The van der Waals surface area contributed by atoms with Crippen molar-refractivity contribution < 1.29 is 8.42 Å². The number of H-pyrrole nitrogens is 1. The second-order valence-electron chi connectivity index (χ2n) is 5.22.